The monoisotopic (exact) mass is 164 g/mol. The highest BCUT2D eigenvalue weighted by molar-refractivity contribution is 5.75. The summed E-state index contributed by atoms with van der Waals surface area (Å²) < 4.78 is 0. The minimum Gasteiger partial charge on any atom is -0.383 e. The number of hydrogen-bond donors (Lipinski definition) is 1. The van der Waals surface area contributed by atoms with Crippen LogP contribution in [0, 0.1) is 0 Å². The molecular weight excluding hydrogens is 152 g/mol. The number of aromatic nitrogens is 1. The van der Waals surface area contributed by atoms with E-state index in [0.717, 1.165) is 24.7 Å². The van der Waals surface area contributed by atoms with Crippen LogP contribution in [0.15, 0.2) is 12.3 Å². The molecule has 1 rings (SSSR count). The van der Waals surface area contributed by atoms with Crippen LogP contribution in [-0.2, 0) is 6.42 Å². The van der Waals surface area contributed by atoms with Crippen molar-refractivity contribution in [2.75, 3.05) is 5.73 Å². The van der Waals surface area contributed by atoms with Crippen molar-refractivity contribution >= 4 is 12.1 Å². The lowest BCUT2D eigenvalue weighted by Gasteiger charge is -2.02. The third-order valence-electron chi connectivity index (χ3n) is 1.68. The molecule has 1 aromatic heterocycles. The van der Waals surface area contributed by atoms with Crippen molar-refractivity contribution in [3.8, 4) is 0 Å². The van der Waals surface area contributed by atoms with Crippen molar-refractivity contribution < 1.29 is 4.79 Å². The van der Waals surface area contributed by atoms with Crippen LogP contribution < -0.4 is 5.73 Å². The number of carbonyl (C=O) groups is 1. The first-order valence-electron chi connectivity index (χ1n) is 3.97. The zero-order valence-corrected chi connectivity index (χ0v) is 7.08. The molecule has 0 aliphatic heterocycles. The van der Waals surface area contributed by atoms with Crippen LogP contribution in [0.4, 0.5) is 5.82 Å². The van der Waals surface area contributed by atoms with Gasteiger partial charge in [0.1, 0.15) is 5.82 Å². The van der Waals surface area contributed by atoms with Crippen LogP contribution in [-0.4, -0.2) is 11.3 Å². The lowest BCUT2D eigenvalue weighted by molar-refractivity contribution is 0.112. The molecule has 12 heavy (non-hydrogen) atoms. The van der Waals surface area contributed by atoms with E-state index in [1.807, 2.05) is 0 Å². The number of aryl methyl sites for hydroxylation is 1. The smallest absolute Gasteiger partial charge is 0.151 e. The molecule has 0 saturated heterocycles. The summed E-state index contributed by atoms with van der Waals surface area (Å²) in [5.41, 5.74) is 7.15. The first kappa shape index (κ1) is 8.71. The van der Waals surface area contributed by atoms with E-state index in [1.165, 1.54) is 6.20 Å². The number of carbonyl (C=O) groups excluding carboxylic acids is 1. The van der Waals surface area contributed by atoms with Gasteiger partial charge in [-0.2, -0.15) is 0 Å². The molecule has 0 amide bonds. The number of aldehydes is 1. The molecule has 1 heterocycles. The fraction of sp³-hybridized carbons (Fsp3) is 0.333. The van der Waals surface area contributed by atoms with Gasteiger partial charge in [0, 0.05) is 11.8 Å². The van der Waals surface area contributed by atoms with Crippen LogP contribution in [0.25, 0.3) is 0 Å². The van der Waals surface area contributed by atoms with Crippen LogP contribution in [0.3, 0.4) is 0 Å². The Labute approximate surface area is 71.6 Å². The van der Waals surface area contributed by atoms with Gasteiger partial charge in [-0.05, 0) is 18.1 Å². The molecular formula is C9H12N2O. The lowest BCUT2D eigenvalue weighted by Crippen LogP contribution is -1.98. The number of hydrogen-bond acceptors (Lipinski definition) is 3. The van der Waals surface area contributed by atoms with Crippen molar-refractivity contribution in [3.63, 3.8) is 0 Å². The molecule has 2 N–H and O–H groups in total. The highest BCUT2D eigenvalue weighted by atomic mass is 16.1. The third-order valence-corrected chi connectivity index (χ3v) is 1.68. The number of nitrogen functional groups attached to an aromatic ring is 1. The Hall–Kier alpha value is -1.38. The first-order valence-corrected chi connectivity index (χ1v) is 3.97. The zero-order valence-electron chi connectivity index (χ0n) is 7.08. The quantitative estimate of drug-likeness (QED) is 0.687. The number of anilines is 1. The maximum atomic E-state index is 10.4. The summed E-state index contributed by atoms with van der Waals surface area (Å²) in [6.45, 7) is 2.06. The molecule has 0 saturated carbocycles. The Morgan fingerprint density at radius 3 is 3.00 bits per heavy atom. The van der Waals surface area contributed by atoms with E-state index in [2.05, 4.69) is 11.9 Å². The summed E-state index contributed by atoms with van der Waals surface area (Å²) in [5, 5.41) is 0. The van der Waals surface area contributed by atoms with Gasteiger partial charge >= 0.3 is 0 Å². The topological polar surface area (TPSA) is 56.0 Å². The lowest BCUT2D eigenvalue weighted by atomic mass is 10.1. The molecule has 0 atom stereocenters. The van der Waals surface area contributed by atoms with E-state index >= 15 is 0 Å². The fourth-order valence-electron chi connectivity index (χ4n) is 1.07. The van der Waals surface area contributed by atoms with Gasteiger partial charge in [-0.15, -0.1) is 0 Å². The van der Waals surface area contributed by atoms with Gasteiger partial charge in [0.15, 0.2) is 6.29 Å². The second-order valence-corrected chi connectivity index (χ2v) is 2.68. The Bertz CT molecular complexity index is 284. The maximum absolute atomic E-state index is 10.4. The minimum atomic E-state index is 0.530. The molecule has 1 aromatic rings. The Morgan fingerprint density at radius 1 is 1.67 bits per heavy atom. The minimum absolute atomic E-state index is 0.530. The van der Waals surface area contributed by atoms with Crippen molar-refractivity contribution in [2.24, 2.45) is 0 Å². The van der Waals surface area contributed by atoms with Gasteiger partial charge in [-0.25, -0.2) is 4.98 Å². The molecule has 3 heteroatoms. The van der Waals surface area contributed by atoms with E-state index in [4.69, 9.17) is 5.73 Å². The molecule has 0 aromatic carbocycles. The summed E-state index contributed by atoms with van der Waals surface area (Å²) in [5.74, 6) is 0.530. The normalized spacial score (nSPS) is 9.75. The van der Waals surface area contributed by atoms with Crippen LogP contribution in [0.1, 0.15) is 29.3 Å². The number of nitrogens with zero attached hydrogens (tertiary/aromatic N) is 1. The predicted octanol–water partition coefficient (Wildman–Crippen LogP) is 1.43. The summed E-state index contributed by atoms with van der Waals surface area (Å²) >= 11 is 0. The van der Waals surface area contributed by atoms with Gasteiger partial charge in [-0.1, -0.05) is 13.3 Å². The van der Waals surface area contributed by atoms with Gasteiger partial charge in [0.2, 0.25) is 0 Å². The predicted molar refractivity (Wildman–Crippen MR) is 48.0 cm³/mol. The second kappa shape index (κ2) is 3.85. The van der Waals surface area contributed by atoms with Gasteiger partial charge in [0.05, 0.1) is 0 Å². The Morgan fingerprint density at radius 2 is 2.42 bits per heavy atom. The van der Waals surface area contributed by atoms with Gasteiger partial charge in [0.25, 0.3) is 0 Å². The first-order chi connectivity index (χ1) is 5.77. The Kier molecular flexibility index (Phi) is 2.80. The van der Waals surface area contributed by atoms with E-state index in [-0.39, 0.29) is 0 Å². The van der Waals surface area contributed by atoms with Crippen molar-refractivity contribution in [1.82, 2.24) is 4.98 Å². The molecule has 64 valence electrons. The molecule has 0 fully saturated rings. The number of rotatable bonds is 3. The van der Waals surface area contributed by atoms with E-state index < -0.39 is 0 Å². The summed E-state index contributed by atoms with van der Waals surface area (Å²) in [4.78, 5) is 14.3. The highest BCUT2D eigenvalue weighted by Crippen LogP contribution is 2.11. The molecule has 0 unspecified atom stereocenters. The third kappa shape index (κ3) is 1.81. The molecule has 0 bridgehead atoms. The van der Waals surface area contributed by atoms with E-state index in [0.29, 0.717) is 11.4 Å². The summed E-state index contributed by atoms with van der Waals surface area (Å²) in [6, 6.07) is 1.79. The SMILES string of the molecule is CCCc1cc(C=O)cnc1N. The molecule has 0 spiro atoms. The van der Waals surface area contributed by atoms with Gasteiger partial charge in [-0.3, -0.25) is 4.79 Å². The van der Waals surface area contributed by atoms with Crippen molar-refractivity contribution in [3.05, 3.63) is 23.4 Å². The highest BCUT2D eigenvalue weighted by Gasteiger charge is 2.00. The van der Waals surface area contributed by atoms with Crippen molar-refractivity contribution in [2.45, 2.75) is 19.8 Å². The molecule has 0 aliphatic carbocycles. The number of nitrogens with two attached hydrogens (primary N) is 1. The maximum Gasteiger partial charge on any atom is 0.151 e. The van der Waals surface area contributed by atoms with Crippen molar-refractivity contribution in [1.29, 1.82) is 0 Å². The van der Waals surface area contributed by atoms with E-state index in [9.17, 15) is 4.79 Å². The second-order valence-electron chi connectivity index (χ2n) is 2.68. The average molecular weight is 164 g/mol. The largest absolute Gasteiger partial charge is 0.383 e. The van der Waals surface area contributed by atoms with Crippen LogP contribution in [0.5, 0.6) is 0 Å². The molecule has 0 aliphatic rings. The van der Waals surface area contributed by atoms with E-state index in [1.54, 1.807) is 6.07 Å². The zero-order chi connectivity index (χ0) is 8.97. The molecule has 0 radical (unpaired) electrons. The van der Waals surface area contributed by atoms with Crippen LogP contribution in [0.2, 0.25) is 0 Å². The summed E-state index contributed by atoms with van der Waals surface area (Å²) in [6.07, 6.45) is 4.15. The summed E-state index contributed by atoms with van der Waals surface area (Å²) in [7, 11) is 0. The van der Waals surface area contributed by atoms with Crippen LogP contribution >= 0.6 is 0 Å². The standard InChI is InChI=1S/C9H12N2O/c1-2-3-8-4-7(6-12)5-11-9(8)10/h4-6H,2-3H2,1H3,(H2,10,11). The fourth-order valence-corrected chi connectivity index (χ4v) is 1.07. The van der Waals surface area contributed by atoms with Gasteiger partial charge < -0.3 is 5.73 Å². The molecule has 3 nitrogen and oxygen atoms in total. The average Bonchev–Trinajstić information content (AvgIpc) is 2.09. The Balaban J connectivity index is 2.99. The number of pyridine rings is 1.